The Balaban J connectivity index is 2.35. The molecule has 102 valence electrons. The van der Waals surface area contributed by atoms with Gasteiger partial charge in [-0.3, -0.25) is 0 Å². The van der Waals surface area contributed by atoms with Crippen LogP contribution in [-0.4, -0.2) is 5.75 Å². The van der Waals surface area contributed by atoms with Gasteiger partial charge in [-0.2, -0.15) is 5.26 Å². The normalized spacial score (nSPS) is 10.1. The molecule has 2 aromatic carbocycles. The second-order valence-corrected chi connectivity index (χ2v) is 6.10. The SMILES string of the molecule is CCSc1cccc(Nc2ccc(Cl)c(Cl)c2)c1C#N. The maximum atomic E-state index is 9.35. The average Bonchev–Trinajstić information content (AvgIpc) is 2.44. The molecule has 0 unspecified atom stereocenters. The van der Waals surface area contributed by atoms with Crippen LogP contribution in [-0.2, 0) is 0 Å². The third-order valence-electron chi connectivity index (χ3n) is 2.64. The zero-order chi connectivity index (χ0) is 14.5. The standard InChI is InChI=1S/C15H12Cl2N2S/c1-2-20-15-5-3-4-14(11(15)9-18)19-10-6-7-12(16)13(17)8-10/h3-8,19H,2H2,1H3. The minimum atomic E-state index is 0.481. The first-order chi connectivity index (χ1) is 9.65. The predicted molar refractivity (Wildman–Crippen MR) is 87.3 cm³/mol. The van der Waals surface area contributed by atoms with Gasteiger partial charge in [-0.25, -0.2) is 0 Å². The lowest BCUT2D eigenvalue weighted by Crippen LogP contribution is -1.95. The summed E-state index contributed by atoms with van der Waals surface area (Å²) in [6.45, 7) is 2.06. The van der Waals surface area contributed by atoms with Crippen molar-refractivity contribution in [2.24, 2.45) is 0 Å². The molecule has 0 aromatic heterocycles. The van der Waals surface area contributed by atoms with E-state index in [2.05, 4.69) is 18.3 Å². The summed E-state index contributed by atoms with van der Waals surface area (Å²) in [5.41, 5.74) is 2.21. The number of nitriles is 1. The molecule has 0 bridgehead atoms. The number of benzene rings is 2. The first-order valence-corrected chi connectivity index (χ1v) is 7.78. The maximum absolute atomic E-state index is 9.35. The zero-order valence-electron chi connectivity index (χ0n) is 10.8. The van der Waals surface area contributed by atoms with Crippen LogP contribution in [0.1, 0.15) is 12.5 Å². The van der Waals surface area contributed by atoms with E-state index in [4.69, 9.17) is 23.2 Å². The van der Waals surface area contributed by atoms with Crippen LogP contribution in [0.4, 0.5) is 11.4 Å². The summed E-state index contributed by atoms with van der Waals surface area (Å²) >= 11 is 13.5. The number of hydrogen-bond donors (Lipinski definition) is 1. The molecule has 0 atom stereocenters. The van der Waals surface area contributed by atoms with Crippen LogP contribution < -0.4 is 5.32 Å². The van der Waals surface area contributed by atoms with Gasteiger partial charge in [-0.05, 0) is 36.1 Å². The van der Waals surface area contributed by atoms with Crippen LogP contribution in [0.2, 0.25) is 10.0 Å². The van der Waals surface area contributed by atoms with Gasteiger partial charge in [0.15, 0.2) is 0 Å². The molecule has 0 radical (unpaired) electrons. The number of thioether (sulfide) groups is 1. The summed E-state index contributed by atoms with van der Waals surface area (Å²) in [6.07, 6.45) is 0. The lowest BCUT2D eigenvalue weighted by Gasteiger charge is -2.11. The first-order valence-electron chi connectivity index (χ1n) is 6.03. The van der Waals surface area contributed by atoms with Crippen LogP contribution in [0, 0.1) is 11.3 Å². The molecule has 0 amide bonds. The molecule has 1 N–H and O–H groups in total. The van der Waals surface area contributed by atoms with E-state index in [1.807, 2.05) is 24.3 Å². The van der Waals surface area contributed by atoms with Crippen LogP contribution in [0.15, 0.2) is 41.3 Å². The first kappa shape index (κ1) is 15.1. The summed E-state index contributed by atoms with van der Waals surface area (Å²) in [5.74, 6) is 0.922. The van der Waals surface area contributed by atoms with Gasteiger partial charge < -0.3 is 5.32 Å². The highest BCUT2D eigenvalue weighted by atomic mass is 35.5. The van der Waals surface area contributed by atoms with Crippen molar-refractivity contribution in [3.8, 4) is 6.07 Å². The van der Waals surface area contributed by atoms with Gasteiger partial charge in [0.25, 0.3) is 0 Å². The smallest absolute Gasteiger partial charge is 0.103 e. The summed E-state index contributed by atoms with van der Waals surface area (Å²) in [6, 6.07) is 13.3. The molecule has 0 fully saturated rings. The minimum absolute atomic E-state index is 0.481. The molecule has 2 rings (SSSR count). The zero-order valence-corrected chi connectivity index (χ0v) is 13.1. The van der Waals surface area contributed by atoms with Gasteiger partial charge in [0.2, 0.25) is 0 Å². The Morgan fingerprint density at radius 2 is 2.00 bits per heavy atom. The third-order valence-corrected chi connectivity index (χ3v) is 4.32. The number of anilines is 2. The lowest BCUT2D eigenvalue weighted by molar-refractivity contribution is 1.35. The quantitative estimate of drug-likeness (QED) is 0.731. The molecule has 0 saturated carbocycles. The van der Waals surface area contributed by atoms with Crippen LogP contribution in [0.3, 0.4) is 0 Å². The lowest BCUT2D eigenvalue weighted by atomic mass is 10.2. The summed E-state index contributed by atoms with van der Waals surface area (Å²) < 4.78 is 0. The predicted octanol–water partition coefficient (Wildman–Crippen LogP) is 5.72. The Kier molecular flexibility index (Phi) is 5.19. The molecule has 2 nitrogen and oxygen atoms in total. The highest BCUT2D eigenvalue weighted by molar-refractivity contribution is 7.99. The molecule has 0 aliphatic heterocycles. The van der Waals surface area contributed by atoms with Gasteiger partial charge in [0, 0.05) is 10.6 Å². The van der Waals surface area contributed by atoms with E-state index in [1.54, 1.807) is 23.9 Å². The molecule has 0 aliphatic rings. The Hall–Kier alpha value is -1.34. The number of nitrogens with zero attached hydrogens (tertiary/aromatic N) is 1. The Labute approximate surface area is 132 Å². The number of nitrogens with one attached hydrogen (secondary N) is 1. The van der Waals surface area contributed by atoms with E-state index < -0.39 is 0 Å². The molecular weight excluding hydrogens is 311 g/mol. The topological polar surface area (TPSA) is 35.8 Å². The fourth-order valence-electron chi connectivity index (χ4n) is 1.76. The molecule has 2 aromatic rings. The van der Waals surface area contributed by atoms with Gasteiger partial charge in [0.05, 0.1) is 21.3 Å². The molecule has 0 saturated heterocycles. The Morgan fingerprint density at radius 1 is 1.20 bits per heavy atom. The highest BCUT2D eigenvalue weighted by Crippen LogP contribution is 2.31. The van der Waals surface area contributed by atoms with Gasteiger partial charge in [-0.1, -0.05) is 36.2 Å². The van der Waals surface area contributed by atoms with Crippen LogP contribution in [0.25, 0.3) is 0 Å². The summed E-state index contributed by atoms with van der Waals surface area (Å²) in [4.78, 5) is 0.972. The molecule has 0 aliphatic carbocycles. The van der Waals surface area contributed by atoms with E-state index in [1.165, 1.54) is 0 Å². The fourth-order valence-corrected chi connectivity index (χ4v) is 2.84. The summed E-state index contributed by atoms with van der Waals surface area (Å²) in [7, 11) is 0. The second-order valence-electron chi connectivity index (χ2n) is 3.98. The van der Waals surface area contributed by atoms with E-state index in [9.17, 15) is 5.26 Å². The molecule has 20 heavy (non-hydrogen) atoms. The fraction of sp³-hybridized carbons (Fsp3) is 0.133. The number of rotatable bonds is 4. The summed E-state index contributed by atoms with van der Waals surface area (Å²) in [5, 5.41) is 13.6. The van der Waals surface area contributed by atoms with Crippen molar-refractivity contribution >= 4 is 46.3 Å². The maximum Gasteiger partial charge on any atom is 0.103 e. The van der Waals surface area contributed by atoms with Crippen molar-refractivity contribution in [2.75, 3.05) is 11.1 Å². The van der Waals surface area contributed by atoms with E-state index in [-0.39, 0.29) is 0 Å². The Bertz CT molecular complexity index is 665. The van der Waals surface area contributed by atoms with Crippen LogP contribution >= 0.6 is 35.0 Å². The van der Waals surface area contributed by atoms with Crippen molar-refractivity contribution < 1.29 is 0 Å². The number of halogens is 2. The molecule has 0 heterocycles. The van der Waals surface area contributed by atoms with Crippen molar-refractivity contribution in [1.82, 2.24) is 0 Å². The molecule has 0 spiro atoms. The largest absolute Gasteiger partial charge is 0.354 e. The molecule has 5 heteroatoms. The third kappa shape index (κ3) is 3.40. The highest BCUT2D eigenvalue weighted by Gasteiger charge is 2.09. The minimum Gasteiger partial charge on any atom is -0.354 e. The average molecular weight is 323 g/mol. The van der Waals surface area contributed by atoms with Crippen molar-refractivity contribution in [3.63, 3.8) is 0 Å². The Morgan fingerprint density at radius 3 is 2.65 bits per heavy atom. The van der Waals surface area contributed by atoms with Crippen molar-refractivity contribution in [2.45, 2.75) is 11.8 Å². The van der Waals surface area contributed by atoms with Gasteiger partial charge in [0.1, 0.15) is 6.07 Å². The van der Waals surface area contributed by atoms with E-state index in [0.717, 1.165) is 22.0 Å². The second kappa shape index (κ2) is 6.90. The van der Waals surface area contributed by atoms with E-state index >= 15 is 0 Å². The van der Waals surface area contributed by atoms with E-state index in [0.29, 0.717) is 15.6 Å². The van der Waals surface area contributed by atoms with Crippen molar-refractivity contribution in [1.29, 1.82) is 5.26 Å². The molecular formula is C15H12Cl2N2S. The van der Waals surface area contributed by atoms with Crippen LogP contribution in [0.5, 0.6) is 0 Å². The van der Waals surface area contributed by atoms with Gasteiger partial charge >= 0.3 is 0 Å². The monoisotopic (exact) mass is 322 g/mol. The van der Waals surface area contributed by atoms with Gasteiger partial charge in [-0.15, -0.1) is 11.8 Å². The van der Waals surface area contributed by atoms with Crippen molar-refractivity contribution in [3.05, 3.63) is 52.0 Å². The number of hydrogen-bond acceptors (Lipinski definition) is 3.